The van der Waals surface area contributed by atoms with Crippen LogP contribution >= 0.6 is 0 Å². The Labute approximate surface area is 315 Å². The van der Waals surface area contributed by atoms with Crippen LogP contribution in [-0.4, -0.2) is 14.1 Å². The van der Waals surface area contributed by atoms with Gasteiger partial charge < -0.3 is 18.0 Å². The van der Waals surface area contributed by atoms with Crippen molar-refractivity contribution in [2.24, 2.45) is 0 Å². The molecule has 0 unspecified atom stereocenters. The third-order valence-electron chi connectivity index (χ3n) is 11.2. The summed E-state index contributed by atoms with van der Waals surface area (Å²) in [7, 11) is 0. The molecule has 12 aromatic rings. The van der Waals surface area contributed by atoms with E-state index in [4.69, 9.17) is 13.8 Å². The largest absolute Gasteiger partial charge is 0.455 e. The van der Waals surface area contributed by atoms with E-state index >= 15 is 0 Å². The van der Waals surface area contributed by atoms with Gasteiger partial charge in [0, 0.05) is 49.8 Å². The quantitative estimate of drug-likeness (QED) is 0.182. The summed E-state index contributed by atoms with van der Waals surface area (Å²) in [5.74, 6) is 0. The van der Waals surface area contributed by atoms with E-state index in [9.17, 15) is 13.2 Å². The Balaban J connectivity index is 1.13. The molecular weight excluding hydrogens is 708 g/mol. The molecule has 5 nitrogen and oxygen atoms in total. The van der Waals surface area contributed by atoms with E-state index in [0.29, 0.717) is 16.9 Å². The number of fused-ring (bicyclic) bond motifs is 14. The minimum atomic E-state index is -4.57. The van der Waals surface area contributed by atoms with Crippen molar-refractivity contribution in [3.05, 3.63) is 163 Å². The number of para-hydroxylation sites is 4. The lowest BCUT2D eigenvalue weighted by Gasteiger charge is -2.17. The molecule has 0 atom stereocenters. The van der Waals surface area contributed by atoms with Crippen LogP contribution in [0.1, 0.15) is 5.56 Å². The number of nitrogens with zero attached hydrogens (tertiary/aromatic N) is 3. The maximum Gasteiger partial charge on any atom is 0.416 e. The zero-order valence-electron chi connectivity index (χ0n) is 29.3. The van der Waals surface area contributed by atoms with Crippen molar-refractivity contribution >= 4 is 87.5 Å². The van der Waals surface area contributed by atoms with Gasteiger partial charge in [-0.2, -0.15) is 13.2 Å². The van der Waals surface area contributed by atoms with Crippen LogP contribution in [0.4, 0.5) is 13.2 Å². The molecule has 0 saturated heterocycles. The third-order valence-corrected chi connectivity index (χ3v) is 11.2. The minimum absolute atomic E-state index is 0.342. The van der Waals surface area contributed by atoms with Crippen molar-refractivity contribution in [2.45, 2.75) is 6.18 Å². The van der Waals surface area contributed by atoms with Crippen LogP contribution in [0, 0.1) is 0 Å². The summed E-state index contributed by atoms with van der Waals surface area (Å²) in [6, 6.07) is 47.9. The Morgan fingerprint density at radius 3 is 1.61 bits per heavy atom. The van der Waals surface area contributed by atoms with Gasteiger partial charge >= 0.3 is 6.18 Å². The minimum Gasteiger partial charge on any atom is -0.455 e. The van der Waals surface area contributed by atoms with Gasteiger partial charge in [-0.1, -0.05) is 72.8 Å². The van der Waals surface area contributed by atoms with Crippen LogP contribution < -0.4 is 0 Å². The lowest BCUT2D eigenvalue weighted by molar-refractivity contribution is -0.137. The van der Waals surface area contributed by atoms with Crippen LogP contribution in [0.3, 0.4) is 0 Å². The second-order valence-corrected chi connectivity index (χ2v) is 14.2. The smallest absolute Gasteiger partial charge is 0.416 e. The van der Waals surface area contributed by atoms with Crippen molar-refractivity contribution in [1.82, 2.24) is 14.1 Å². The molecule has 0 radical (unpaired) electrons. The Kier molecular flexibility index (Phi) is 6.17. The second kappa shape index (κ2) is 11.1. The molecule has 266 valence electrons. The van der Waals surface area contributed by atoms with E-state index in [1.54, 1.807) is 12.3 Å². The highest BCUT2D eigenvalue weighted by Gasteiger charge is 2.32. The highest BCUT2D eigenvalue weighted by molar-refractivity contribution is 6.25. The van der Waals surface area contributed by atoms with Gasteiger partial charge in [-0.3, -0.25) is 4.98 Å². The molecule has 8 heteroatoms. The van der Waals surface area contributed by atoms with Crippen molar-refractivity contribution in [3.8, 4) is 22.6 Å². The van der Waals surface area contributed by atoms with Gasteiger partial charge in [-0.05, 0) is 78.9 Å². The number of rotatable bonds is 3. The standard InChI is InChI=1S/C48H26F3N3O2/c49-48(50,51)27-17-20-39(54-38-14-6-2-12-34(38)45-41(54)22-19-32-30-10-4-8-16-43(30)56-47(32)45)35(25-27)36-26-28(23-24-52-36)53-37-13-5-1-11-33(37)44-40(53)21-18-31-29-9-3-7-15-42(29)55-46(31)44/h1-26H. The fourth-order valence-electron chi connectivity index (χ4n) is 8.83. The summed E-state index contributed by atoms with van der Waals surface area (Å²) in [5, 5.41) is 7.84. The molecule has 5 aromatic heterocycles. The number of halogens is 3. The van der Waals surface area contributed by atoms with E-state index in [0.717, 1.165) is 99.2 Å². The number of furan rings is 2. The fourth-order valence-corrected chi connectivity index (χ4v) is 8.83. The summed E-state index contributed by atoms with van der Waals surface area (Å²) in [6.45, 7) is 0. The molecule has 0 fully saturated rings. The summed E-state index contributed by atoms with van der Waals surface area (Å²) in [5.41, 5.74) is 7.91. The fraction of sp³-hybridized carbons (Fsp3) is 0.0208. The highest BCUT2D eigenvalue weighted by Crippen LogP contribution is 2.44. The first-order valence-electron chi connectivity index (χ1n) is 18.3. The van der Waals surface area contributed by atoms with E-state index in [2.05, 4.69) is 34.9 Å². The van der Waals surface area contributed by atoms with E-state index < -0.39 is 11.7 Å². The molecule has 0 aliphatic heterocycles. The van der Waals surface area contributed by atoms with E-state index in [1.807, 2.05) is 108 Å². The van der Waals surface area contributed by atoms with Gasteiger partial charge in [0.15, 0.2) is 0 Å². The predicted octanol–water partition coefficient (Wildman–Crippen LogP) is 13.8. The van der Waals surface area contributed by atoms with Crippen LogP contribution in [0.15, 0.2) is 167 Å². The van der Waals surface area contributed by atoms with Gasteiger partial charge in [0.25, 0.3) is 0 Å². The summed E-state index contributed by atoms with van der Waals surface area (Å²) in [6.07, 6.45) is -2.91. The monoisotopic (exact) mass is 733 g/mol. The second-order valence-electron chi connectivity index (χ2n) is 14.2. The first-order valence-corrected chi connectivity index (χ1v) is 18.3. The normalized spacial score (nSPS) is 12.6. The van der Waals surface area contributed by atoms with Crippen molar-refractivity contribution in [1.29, 1.82) is 0 Å². The van der Waals surface area contributed by atoms with E-state index in [1.165, 1.54) is 6.07 Å². The maximum absolute atomic E-state index is 14.5. The van der Waals surface area contributed by atoms with Gasteiger partial charge in [0.2, 0.25) is 0 Å². The molecule has 7 aromatic carbocycles. The Morgan fingerprint density at radius 2 is 1.00 bits per heavy atom. The summed E-state index contributed by atoms with van der Waals surface area (Å²) in [4.78, 5) is 4.76. The van der Waals surface area contributed by atoms with Crippen LogP contribution in [0.25, 0.3) is 110 Å². The molecule has 5 heterocycles. The summed E-state index contributed by atoms with van der Waals surface area (Å²) < 4.78 is 60.8. The number of alkyl halides is 3. The van der Waals surface area contributed by atoms with Gasteiger partial charge in [-0.25, -0.2) is 0 Å². The Bertz CT molecular complexity index is 3600. The topological polar surface area (TPSA) is 49.0 Å². The zero-order chi connectivity index (χ0) is 37.3. The SMILES string of the molecule is FC(F)(F)c1ccc(-n2c3ccccc3c3c4oc5ccccc5c4ccc32)c(-c2cc(-n3c4ccccc4c4c5oc6ccccc6c5ccc43)ccn2)c1. The molecule has 0 N–H and O–H groups in total. The lowest BCUT2D eigenvalue weighted by Crippen LogP contribution is -2.07. The van der Waals surface area contributed by atoms with Crippen LogP contribution in [0.5, 0.6) is 0 Å². The molecule has 12 rings (SSSR count). The molecule has 56 heavy (non-hydrogen) atoms. The molecule has 0 bridgehead atoms. The molecule has 0 aliphatic rings. The average Bonchev–Trinajstić information content (AvgIpc) is 3.97. The van der Waals surface area contributed by atoms with Crippen LogP contribution in [-0.2, 0) is 6.18 Å². The molecular formula is C48H26F3N3O2. The first-order chi connectivity index (χ1) is 27.4. The van der Waals surface area contributed by atoms with Crippen LogP contribution in [0.2, 0.25) is 0 Å². The number of benzene rings is 7. The molecule has 0 aliphatic carbocycles. The first kappa shape index (κ1) is 31.1. The van der Waals surface area contributed by atoms with Crippen molar-refractivity contribution in [2.75, 3.05) is 0 Å². The lowest BCUT2D eigenvalue weighted by atomic mass is 10.0. The number of hydrogen-bond acceptors (Lipinski definition) is 3. The highest BCUT2D eigenvalue weighted by atomic mass is 19.4. The molecule has 0 spiro atoms. The Hall–Kier alpha value is -7.32. The molecule has 0 amide bonds. The van der Waals surface area contributed by atoms with Gasteiger partial charge in [-0.15, -0.1) is 0 Å². The maximum atomic E-state index is 14.5. The number of aromatic nitrogens is 3. The number of hydrogen-bond donors (Lipinski definition) is 0. The summed E-state index contributed by atoms with van der Waals surface area (Å²) >= 11 is 0. The van der Waals surface area contributed by atoms with Crippen molar-refractivity contribution < 1.29 is 22.0 Å². The zero-order valence-corrected chi connectivity index (χ0v) is 29.3. The molecule has 0 saturated carbocycles. The predicted molar refractivity (Wildman–Crippen MR) is 218 cm³/mol. The van der Waals surface area contributed by atoms with Crippen molar-refractivity contribution in [3.63, 3.8) is 0 Å². The van der Waals surface area contributed by atoms with E-state index in [-0.39, 0.29) is 0 Å². The number of pyridine rings is 1. The average molecular weight is 734 g/mol. The Morgan fingerprint density at radius 1 is 0.464 bits per heavy atom. The van der Waals surface area contributed by atoms with Gasteiger partial charge in [0.05, 0.1) is 49.8 Å². The van der Waals surface area contributed by atoms with Gasteiger partial charge in [0.1, 0.15) is 22.3 Å². The third kappa shape index (κ3) is 4.23.